The van der Waals surface area contributed by atoms with Crippen molar-refractivity contribution in [2.75, 3.05) is 13.7 Å². The van der Waals surface area contributed by atoms with E-state index in [2.05, 4.69) is 26.1 Å². The Kier molecular flexibility index (Phi) is 6.13. The van der Waals surface area contributed by atoms with Crippen LogP contribution in [0.2, 0.25) is 0 Å². The number of benzene rings is 1. The zero-order chi connectivity index (χ0) is 13.5. The van der Waals surface area contributed by atoms with Gasteiger partial charge < -0.3 is 10.1 Å². The zero-order valence-corrected chi connectivity index (χ0v) is 11.8. The molecule has 1 rings (SSSR count). The zero-order valence-electron chi connectivity index (χ0n) is 11.8. The third-order valence-electron chi connectivity index (χ3n) is 3.19. The Morgan fingerprint density at radius 1 is 1.33 bits per heavy atom. The highest BCUT2D eigenvalue weighted by Crippen LogP contribution is 2.28. The summed E-state index contributed by atoms with van der Waals surface area (Å²) in [5.41, 5.74) is 0.736. The number of hydrogen-bond donors (Lipinski definition) is 1. The molecule has 18 heavy (non-hydrogen) atoms. The van der Waals surface area contributed by atoms with Gasteiger partial charge in [0, 0.05) is 6.04 Å². The van der Waals surface area contributed by atoms with Crippen LogP contribution < -0.4 is 10.1 Å². The first-order valence-corrected chi connectivity index (χ1v) is 6.65. The van der Waals surface area contributed by atoms with Crippen LogP contribution in [0, 0.1) is 5.82 Å². The lowest BCUT2D eigenvalue weighted by molar-refractivity contribution is 0.380. The maximum atomic E-state index is 14.1. The lowest BCUT2D eigenvalue weighted by Gasteiger charge is -2.19. The molecule has 1 aromatic rings. The molecule has 0 aliphatic rings. The lowest BCUT2D eigenvalue weighted by atomic mass is 9.93. The van der Waals surface area contributed by atoms with E-state index >= 15 is 0 Å². The third-order valence-corrected chi connectivity index (χ3v) is 3.19. The standard InChI is InChI=1S/C15H24FNO/c1-5-9-17-12(3)10-11(2)13-7-6-8-14(18-4)15(13)16/h6-8,11-12,17H,5,9-10H2,1-4H3. The van der Waals surface area contributed by atoms with Gasteiger partial charge in [0.25, 0.3) is 0 Å². The van der Waals surface area contributed by atoms with Gasteiger partial charge in [0.15, 0.2) is 11.6 Å². The molecule has 0 heterocycles. The van der Waals surface area contributed by atoms with Crippen molar-refractivity contribution in [2.45, 2.75) is 45.6 Å². The number of nitrogens with one attached hydrogen (secondary N) is 1. The van der Waals surface area contributed by atoms with Gasteiger partial charge in [-0.15, -0.1) is 0 Å². The highest BCUT2D eigenvalue weighted by molar-refractivity contribution is 5.33. The number of ether oxygens (including phenoxy) is 1. The molecule has 0 saturated carbocycles. The fourth-order valence-electron chi connectivity index (χ4n) is 2.20. The fourth-order valence-corrected chi connectivity index (χ4v) is 2.20. The van der Waals surface area contributed by atoms with Crippen molar-refractivity contribution in [2.24, 2.45) is 0 Å². The summed E-state index contributed by atoms with van der Waals surface area (Å²) in [6.07, 6.45) is 2.04. The predicted octanol–water partition coefficient (Wildman–Crippen LogP) is 3.72. The van der Waals surface area contributed by atoms with Gasteiger partial charge in [0.2, 0.25) is 0 Å². The van der Waals surface area contributed by atoms with Crippen molar-refractivity contribution in [3.8, 4) is 5.75 Å². The maximum absolute atomic E-state index is 14.1. The molecule has 0 spiro atoms. The number of hydrogen-bond acceptors (Lipinski definition) is 2. The largest absolute Gasteiger partial charge is 0.494 e. The first-order valence-electron chi connectivity index (χ1n) is 6.65. The second-order valence-electron chi connectivity index (χ2n) is 4.86. The van der Waals surface area contributed by atoms with Crippen molar-refractivity contribution >= 4 is 0 Å². The SMILES string of the molecule is CCCNC(C)CC(C)c1cccc(OC)c1F. The molecule has 0 bridgehead atoms. The summed E-state index contributed by atoms with van der Waals surface area (Å²) >= 11 is 0. The van der Waals surface area contributed by atoms with Crippen LogP contribution in [-0.4, -0.2) is 19.7 Å². The molecular weight excluding hydrogens is 229 g/mol. The monoisotopic (exact) mass is 253 g/mol. The second kappa shape index (κ2) is 7.37. The van der Waals surface area contributed by atoms with Crippen molar-refractivity contribution in [3.05, 3.63) is 29.6 Å². The molecule has 0 aromatic heterocycles. The molecular formula is C15H24FNO. The predicted molar refractivity (Wildman–Crippen MR) is 73.7 cm³/mol. The summed E-state index contributed by atoms with van der Waals surface area (Å²) in [4.78, 5) is 0. The minimum Gasteiger partial charge on any atom is -0.494 e. The van der Waals surface area contributed by atoms with E-state index in [9.17, 15) is 4.39 Å². The Bertz CT molecular complexity index is 368. The molecule has 0 saturated heterocycles. The quantitative estimate of drug-likeness (QED) is 0.799. The molecule has 0 radical (unpaired) electrons. The van der Waals surface area contributed by atoms with E-state index in [1.165, 1.54) is 7.11 Å². The van der Waals surface area contributed by atoms with E-state index < -0.39 is 0 Å². The van der Waals surface area contributed by atoms with Crippen LogP contribution >= 0.6 is 0 Å². The third kappa shape index (κ3) is 3.98. The van der Waals surface area contributed by atoms with E-state index in [0.717, 1.165) is 24.9 Å². The Morgan fingerprint density at radius 2 is 2.06 bits per heavy atom. The van der Waals surface area contributed by atoms with Crippen molar-refractivity contribution in [1.29, 1.82) is 0 Å². The molecule has 2 nitrogen and oxygen atoms in total. The van der Waals surface area contributed by atoms with E-state index in [1.807, 2.05) is 12.1 Å². The van der Waals surface area contributed by atoms with Gasteiger partial charge in [-0.05, 0) is 43.9 Å². The van der Waals surface area contributed by atoms with Crippen LogP contribution in [0.3, 0.4) is 0 Å². The topological polar surface area (TPSA) is 21.3 Å². The Morgan fingerprint density at radius 3 is 2.67 bits per heavy atom. The molecule has 0 amide bonds. The van der Waals surface area contributed by atoms with Gasteiger partial charge in [-0.1, -0.05) is 26.0 Å². The van der Waals surface area contributed by atoms with Gasteiger partial charge in [0.1, 0.15) is 0 Å². The van der Waals surface area contributed by atoms with E-state index in [-0.39, 0.29) is 11.7 Å². The second-order valence-corrected chi connectivity index (χ2v) is 4.86. The van der Waals surface area contributed by atoms with E-state index in [0.29, 0.717) is 11.8 Å². The van der Waals surface area contributed by atoms with Crippen molar-refractivity contribution < 1.29 is 9.13 Å². The van der Waals surface area contributed by atoms with Crippen LogP contribution in [0.15, 0.2) is 18.2 Å². The average Bonchev–Trinajstić information content (AvgIpc) is 2.36. The van der Waals surface area contributed by atoms with Crippen molar-refractivity contribution in [1.82, 2.24) is 5.32 Å². The molecule has 1 N–H and O–H groups in total. The molecule has 0 aliphatic heterocycles. The number of rotatable bonds is 7. The first kappa shape index (κ1) is 15.0. The minimum absolute atomic E-state index is 0.180. The van der Waals surface area contributed by atoms with Gasteiger partial charge >= 0.3 is 0 Å². The number of methoxy groups -OCH3 is 1. The van der Waals surface area contributed by atoms with Gasteiger partial charge in [-0.2, -0.15) is 0 Å². The molecule has 3 heteroatoms. The van der Waals surface area contributed by atoms with Crippen LogP contribution in [-0.2, 0) is 0 Å². The van der Waals surface area contributed by atoms with Crippen molar-refractivity contribution in [3.63, 3.8) is 0 Å². The highest BCUT2D eigenvalue weighted by Gasteiger charge is 2.16. The van der Waals surface area contributed by atoms with Crippen LogP contribution in [0.5, 0.6) is 5.75 Å². The summed E-state index contributed by atoms with van der Waals surface area (Å²) in [7, 11) is 1.50. The molecule has 0 aliphatic carbocycles. The fraction of sp³-hybridized carbons (Fsp3) is 0.600. The molecule has 2 atom stereocenters. The molecule has 1 aromatic carbocycles. The molecule has 0 fully saturated rings. The summed E-state index contributed by atoms with van der Waals surface area (Å²) < 4.78 is 19.1. The summed E-state index contributed by atoms with van der Waals surface area (Å²) in [5, 5.41) is 3.43. The molecule has 102 valence electrons. The minimum atomic E-state index is -0.227. The van der Waals surface area contributed by atoms with Gasteiger partial charge in [-0.3, -0.25) is 0 Å². The maximum Gasteiger partial charge on any atom is 0.168 e. The smallest absolute Gasteiger partial charge is 0.168 e. The Balaban J connectivity index is 2.69. The molecule has 2 unspecified atom stereocenters. The van der Waals surface area contributed by atoms with Crippen LogP contribution in [0.25, 0.3) is 0 Å². The Labute approximate surface area is 110 Å². The summed E-state index contributed by atoms with van der Waals surface area (Å²) in [6, 6.07) is 5.74. The van der Waals surface area contributed by atoms with E-state index in [4.69, 9.17) is 4.74 Å². The van der Waals surface area contributed by atoms with Gasteiger partial charge in [-0.25, -0.2) is 4.39 Å². The van der Waals surface area contributed by atoms with Gasteiger partial charge in [0.05, 0.1) is 7.11 Å². The Hall–Kier alpha value is -1.09. The lowest BCUT2D eigenvalue weighted by Crippen LogP contribution is -2.28. The normalized spacial score (nSPS) is 14.3. The van der Waals surface area contributed by atoms with E-state index in [1.54, 1.807) is 6.07 Å². The van der Waals surface area contributed by atoms with Crippen LogP contribution in [0.4, 0.5) is 4.39 Å². The summed E-state index contributed by atoms with van der Waals surface area (Å²) in [5.74, 6) is 0.281. The number of halogens is 1. The van der Waals surface area contributed by atoms with Crippen LogP contribution in [0.1, 0.15) is 45.1 Å². The first-order chi connectivity index (χ1) is 8.60. The summed E-state index contributed by atoms with van der Waals surface area (Å²) in [6.45, 7) is 7.35. The average molecular weight is 253 g/mol. The highest BCUT2D eigenvalue weighted by atomic mass is 19.1.